The lowest BCUT2D eigenvalue weighted by atomic mass is 10.3. The lowest BCUT2D eigenvalue weighted by Gasteiger charge is -2.02. The van der Waals surface area contributed by atoms with Gasteiger partial charge in [-0.15, -0.1) is 0 Å². The first-order chi connectivity index (χ1) is 9.70. The lowest BCUT2D eigenvalue weighted by Crippen LogP contribution is -2.05. The van der Waals surface area contributed by atoms with Gasteiger partial charge in [0.2, 0.25) is 0 Å². The fraction of sp³-hybridized carbons (Fsp3) is 0.214. The van der Waals surface area contributed by atoms with Gasteiger partial charge in [0.15, 0.2) is 11.4 Å². The molecule has 0 saturated heterocycles. The van der Waals surface area contributed by atoms with E-state index in [1.54, 1.807) is 23.7 Å². The van der Waals surface area contributed by atoms with Gasteiger partial charge in [-0.1, -0.05) is 0 Å². The van der Waals surface area contributed by atoms with Gasteiger partial charge in [-0.25, -0.2) is 14.3 Å². The topological polar surface area (TPSA) is 69.6 Å². The quantitative estimate of drug-likeness (QED) is 0.684. The molecule has 0 fully saturated rings. The molecule has 0 N–H and O–H groups in total. The highest BCUT2D eigenvalue weighted by atomic mass is 16.5. The van der Waals surface area contributed by atoms with Crippen LogP contribution in [0.5, 0.6) is 0 Å². The van der Waals surface area contributed by atoms with Gasteiger partial charge in [-0.05, 0) is 32.0 Å². The van der Waals surface area contributed by atoms with E-state index in [-0.39, 0.29) is 0 Å². The minimum Gasteiger partial charge on any atom is -0.462 e. The Morgan fingerprint density at radius 1 is 1.40 bits per heavy atom. The van der Waals surface area contributed by atoms with E-state index in [9.17, 15) is 4.79 Å². The Bertz CT molecular complexity index is 773. The molecule has 0 amide bonds. The van der Waals surface area contributed by atoms with Crippen molar-refractivity contribution in [2.24, 2.45) is 0 Å². The zero-order valence-electron chi connectivity index (χ0n) is 11.2. The Morgan fingerprint density at radius 3 is 2.95 bits per heavy atom. The van der Waals surface area contributed by atoms with Crippen LogP contribution in [0.25, 0.3) is 17.1 Å². The van der Waals surface area contributed by atoms with Crippen molar-refractivity contribution < 1.29 is 13.9 Å². The molecule has 0 bridgehead atoms. The molecule has 0 aliphatic carbocycles. The summed E-state index contributed by atoms with van der Waals surface area (Å²) in [6.07, 6.45) is 3.08. The summed E-state index contributed by atoms with van der Waals surface area (Å²) < 4.78 is 12.2. The molecule has 0 aromatic carbocycles. The molecule has 3 aromatic rings. The molecule has 3 heterocycles. The summed E-state index contributed by atoms with van der Waals surface area (Å²) in [5, 5.41) is 4.20. The number of nitrogens with zero attached hydrogens (tertiary/aromatic N) is 3. The second kappa shape index (κ2) is 4.80. The molecule has 0 aliphatic rings. The number of hydrogen-bond donors (Lipinski definition) is 0. The van der Waals surface area contributed by atoms with Gasteiger partial charge < -0.3 is 9.15 Å². The molecule has 0 aliphatic heterocycles. The second-order valence-corrected chi connectivity index (χ2v) is 4.25. The first kappa shape index (κ1) is 12.4. The van der Waals surface area contributed by atoms with Gasteiger partial charge in [0.1, 0.15) is 17.0 Å². The predicted molar refractivity (Wildman–Crippen MR) is 71.4 cm³/mol. The SMILES string of the molecule is CCOC(=O)c1cnn2c(-c3ccc(C)o3)ccnc12. The van der Waals surface area contributed by atoms with Crippen molar-refractivity contribution in [1.29, 1.82) is 0 Å². The Balaban J connectivity index is 2.15. The number of carbonyl (C=O) groups excluding carboxylic acids is 1. The number of aromatic nitrogens is 3. The van der Waals surface area contributed by atoms with E-state index < -0.39 is 5.97 Å². The van der Waals surface area contributed by atoms with Crippen LogP contribution >= 0.6 is 0 Å². The Hall–Kier alpha value is -2.63. The molecular weight excluding hydrogens is 258 g/mol. The largest absolute Gasteiger partial charge is 0.462 e. The molecule has 102 valence electrons. The molecule has 0 saturated carbocycles. The first-order valence-electron chi connectivity index (χ1n) is 6.27. The van der Waals surface area contributed by atoms with Crippen molar-refractivity contribution in [2.45, 2.75) is 13.8 Å². The highest BCUT2D eigenvalue weighted by Crippen LogP contribution is 2.23. The number of carbonyl (C=O) groups is 1. The fourth-order valence-corrected chi connectivity index (χ4v) is 2.00. The summed E-state index contributed by atoms with van der Waals surface area (Å²) in [5.74, 6) is 1.05. The summed E-state index contributed by atoms with van der Waals surface area (Å²) >= 11 is 0. The van der Waals surface area contributed by atoms with E-state index in [2.05, 4.69) is 10.1 Å². The summed E-state index contributed by atoms with van der Waals surface area (Å²) in [6, 6.07) is 5.51. The van der Waals surface area contributed by atoms with Gasteiger partial charge in [0, 0.05) is 6.20 Å². The molecule has 0 unspecified atom stereocenters. The van der Waals surface area contributed by atoms with E-state index in [0.717, 1.165) is 11.5 Å². The second-order valence-electron chi connectivity index (χ2n) is 4.25. The molecule has 6 heteroatoms. The zero-order chi connectivity index (χ0) is 14.1. The van der Waals surface area contributed by atoms with Crippen molar-refractivity contribution in [2.75, 3.05) is 6.61 Å². The monoisotopic (exact) mass is 271 g/mol. The van der Waals surface area contributed by atoms with Gasteiger partial charge in [0.05, 0.1) is 12.8 Å². The van der Waals surface area contributed by atoms with Crippen LogP contribution in [0.15, 0.2) is 35.0 Å². The van der Waals surface area contributed by atoms with Crippen LogP contribution in [0, 0.1) is 6.92 Å². The number of fused-ring (bicyclic) bond motifs is 1. The smallest absolute Gasteiger partial charge is 0.343 e. The maximum atomic E-state index is 11.8. The molecule has 20 heavy (non-hydrogen) atoms. The number of esters is 1. The summed E-state index contributed by atoms with van der Waals surface area (Å²) in [5.41, 5.74) is 1.53. The molecular formula is C14H13N3O3. The van der Waals surface area contributed by atoms with Crippen LogP contribution in [0.4, 0.5) is 0 Å². The van der Waals surface area contributed by atoms with Gasteiger partial charge >= 0.3 is 5.97 Å². The Labute approximate surface area is 115 Å². The zero-order valence-corrected chi connectivity index (χ0v) is 11.2. The van der Waals surface area contributed by atoms with Crippen LogP contribution in [0.1, 0.15) is 23.0 Å². The standard InChI is InChI=1S/C14H13N3O3/c1-3-19-14(18)10-8-16-17-11(6-7-15-13(10)17)12-5-4-9(2)20-12/h4-8H,3H2,1-2H3. The van der Waals surface area contributed by atoms with Crippen molar-refractivity contribution in [1.82, 2.24) is 14.6 Å². The third-order valence-corrected chi connectivity index (χ3v) is 2.89. The van der Waals surface area contributed by atoms with E-state index in [1.165, 1.54) is 6.20 Å². The average Bonchev–Trinajstić information content (AvgIpc) is 3.04. The normalized spacial score (nSPS) is 10.9. The van der Waals surface area contributed by atoms with Crippen LogP contribution in [0.3, 0.4) is 0 Å². The van der Waals surface area contributed by atoms with Crippen molar-refractivity contribution in [3.8, 4) is 11.5 Å². The third kappa shape index (κ3) is 1.95. The molecule has 0 atom stereocenters. The molecule has 3 aromatic heterocycles. The highest BCUT2D eigenvalue weighted by Gasteiger charge is 2.17. The summed E-state index contributed by atoms with van der Waals surface area (Å²) in [7, 11) is 0. The Morgan fingerprint density at radius 2 is 2.25 bits per heavy atom. The number of ether oxygens (including phenoxy) is 1. The lowest BCUT2D eigenvalue weighted by molar-refractivity contribution is 0.0528. The molecule has 6 nitrogen and oxygen atoms in total. The predicted octanol–water partition coefficient (Wildman–Crippen LogP) is 2.47. The molecule has 0 spiro atoms. The third-order valence-electron chi connectivity index (χ3n) is 2.89. The number of furan rings is 1. The Kier molecular flexibility index (Phi) is 2.98. The number of hydrogen-bond acceptors (Lipinski definition) is 5. The van der Waals surface area contributed by atoms with Gasteiger partial charge in [-0.3, -0.25) is 0 Å². The minimum absolute atomic E-state index is 0.313. The summed E-state index contributed by atoms with van der Waals surface area (Å²) in [4.78, 5) is 16.0. The first-order valence-corrected chi connectivity index (χ1v) is 6.27. The molecule has 3 rings (SSSR count). The van der Waals surface area contributed by atoms with Crippen LogP contribution in [0.2, 0.25) is 0 Å². The fourth-order valence-electron chi connectivity index (χ4n) is 2.00. The number of rotatable bonds is 3. The van der Waals surface area contributed by atoms with Crippen LogP contribution < -0.4 is 0 Å². The van der Waals surface area contributed by atoms with Crippen molar-refractivity contribution >= 4 is 11.6 Å². The van der Waals surface area contributed by atoms with E-state index in [0.29, 0.717) is 23.6 Å². The van der Waals surface area contributed by atoms with Crippen molar-refractivity contribution in [3.05, 3.63) is 41.9 Å². The minimum atomic E-state index is -0.428. The van der Waals surface area contributed by atoms with Gasteiger partial charge in [-0.2, -0.15) is 5.10 Å². The number of aryl methyl sites for hydroxylation is 1. The van der Waals surface area contributed by atoms with E-state index in [1.807, 2.05) is 19.1 Å². The van der Waals surface area contributed by atoms with Crippen LogP contribution in [-0.4, -0.2) is 27.2 Å². The average molecular weight is 271 g/mol. The van der Waals surface area contributed by atoms with Gasteiger partial charge in [0.25, 0.3) is 0 Å². The maximum absolute atomic E-state index is 11.8. The van der Waals surface area contributed by atoms with E-state index in [4.69, 9.17) is 9.15 Å². The van der Waals surface area contributed by atoms with Crippen molar-refractivity contribution in [3.63, 3.8) is 0 Å². The summed E-state index contributed by atoms with van der Waals surface area (Å²) in [6.45, 7) is 3.94. The molecule has 0 radical (unpaired) electrons. The van der Waals surface area contributed by atoms with E-state index >= 15 is 0 Å². The van der Waals surface area contributed by atoms with Crippen LogP contribution in [-0.2, 0) is 4.74 Å². The highest BCUT2D eigenvalue weighted by molar-refractivity contribution is 5.95. The maximum Gasteiger partial charge on any atom is 0.343 e.